The molecule has 198 valence electrons. The summed E-state index contributed by atoms with van der Waals surface area (Å²) in [5.41, 5.74) is 1.42. The van der Waals surface area contributed by atoms with Gasteiger partial charge in [-0.1, -0.05) is 48.9 Å². The maximum absolute atomic E-state index is 16.4. The van der Waals surface area contributed by atoms with Gasteiger partial charge in [-0.05, 0) is 54.5 Å². The van der Waals surface area contributed by atoms with Gasteiger partial charge in [0.15, 0.2) is 5.60 Å². The molecule has 6 rings (SSSR count). The second kappa shape index (κ2) is 9.33. The van der Waals surface area contributed by atoms with Gasteiger partial charge in [0.1, 0.15) is 17.4 Å². The molecule has 38 heavy (non-hydrogen) atoms. The highest BCUT2D eigenvalue weighted by atomic mass is 35.5. The summed E-state index contributed by atoms with van der Waals surface area (Å²) in [5, 5.41) is 16.5. The normalized spacial score (nSPS) is 25.7. The number of halogens is 3. The van der Waals surface area contributed by atoms with Gasteiger partial charge < -0.3 is 20.5 Å². The summed E-state index contributed by atoms with van der Waals surface area (Å²) in [6, 6.07) is 12.5. The van der Waals surface area contributed by atoms with E-state index in [1.807, 2.05) is 37.3 Å². The molecule has 1 saturated heterocycles. The molecule has 1 fully saturated rings. The number of rotatable bonds is 4. The van der Waals surface area contributed by atoms with Crippen LogP contribution in [0.5, 0.6) is 5.75 Å². The smallest absolute Gasteiger partial charge is 0.251 e. The molecule has 0 bridgehead atoms. The minimum absolute atomic E-state index is 0.00259. The Morgan fingerprint density at radius 3 is 2.63 bits per heavy atom. The highest BCUT2D eigenvalue weighted by Gasteiger charge is 2.50. The highest BCUT2D eigenvalue weighted by molar-refractivity contribution is 6.34. The van der Waals surface area contributed by atoms with E-state index in [-0.39, 0.29) is 39.4 Å². The van der Waals surface area contributed by atoms with Crippen LogP contribution in [0.3, 0.4) is 0 Å². The minimum atomic E-state index is -0.895. The van der Waals surface area contributed by atoms with Crippen molar-refractivity contribution in [2.75, 3.05) is 13.6 Å². The van der Waals surface area contributed by atoms with Crippen molar-refractivity contribution in [3.05, 3.63) is 86.9 Å². The first-order valence-electron chi connectivity index (χ1n) is 13.0. The van der Waals surface area contributed by atoms with Gasteiger partial charge in [-0.2, -0.15) is 0 Å². The van der Waals surface area contributed by atoms with E-state index >= 15 is 8.78 Å². The fourth-order valence-electron chi connectivity index (χ4n) is 6.50. The maximum atomic E-state index is 16.4. The lowest BCUT2D eigenvalue weighted by Crippen LogP contribution is -2.48. The Balaban J connectivity index is 1.61. The van der Waals surface area contributed by atoms with E-state index in [0.717, 1.165) is 24.9 Å². The summed E-state index contributed by atoms with van der Waals surface area (Å²) in [5.74, 6) is -1.89. The highest BCUT2D eigenvalue weighted by Crippen LogP contribution is 2.53. The van der Waals surface area contributed by atoms with Crippen molar-refractivity contribution in [3.63, 3.8) is 0 Å². The Kier molecular flexibility index (Phi) is 6.21. The molecule has 0 spiro atoms. The Morgan fingerprint density at radius 2 is 1.95 bits per heavy atom. The van der Waals surface area contributed by atoms with Gasteiger partial charge in [0.25, 0.3) is 5.91 Å². The number of carbonyl (C=O) groups is 1. The predicted octanol–water partition coefficient (Wildman–Crippen LogP) is 5.45. The van der Waals surface area contributed by atoms with Crippen molar-refractivity contribution in [2.45, 2.75) is 50.4 Å². The molecule has 3 N–H and O–H groups in total. The molecule has 0 aromatic heterocycles. The monoisotopic (exact) mass is 538 g/mol. The molecule has 0 saturated carbocycles. The van der Waals surface area contributed by atoms with Crippen LogP contribution in [0.1, 0.15) is 58.5 Å². The van der Waals surface area contributed by atoms with E-state index in [2.05, 4.69) is 10.6 Å². The van der Waals surface area contributed by atoms with E-state index in [4.69, 9.17) is 16.3 Å². The number of aliphatic hydroxyl groups excluding tert-OH is 1. The first kappa shape index (κ1) is 25.3. The summed E-state index contributed by atoms with van der Waals surface area (Å²) in [6.07, 6.45) is 1.56. The molecule has 0 radical (unpaired) electrons. The molecule has 2 aliphatic heterocycles. The van der Waals surface area contributed by atoms with Crippen LogP contribution in [0.2, 0.25) is 5.02 Å². The van der Waals surface area contributed by atoms with E-state index in [1.54, 1.807) is 0 Å². The largest absolute Gasteiger partial charge is 0.480 e. The summed E-state index contributed by atoms with van der Waals surface area (Å²) in [6.45, 7) is 2.66. The molecule has 1 amide bonds. The molecule has 3 aliphatic rings. The number of amides is 1. The van der Waals surface area contributed by atoms with Crippen molar-refractivity contribution >= 4 is 17.5 Å². The van der Waals surface area contributed by atoms with Crippen LogP contribution in [0.4, 0.5) is 8.78 Å². The number of hydrogen-bond acceptors (Lipinski definition) is 4. The van der Waals surface area contributed by atoms with Crippen LogP contribution in [0.25, 0.3) is 11.1 Å². The fraction of sp³-hybridized carbons (Fsp3) is 0.367. The van der Waals surface area contributed by atoms with Gasteiger partial charge in [0.05, 0.1) is 22.7 Å². The summed E-state index contributed by atoms with van der Waals surface area (Å²) < 4.78 is 38.5. The molecule has 4 atom stereocenters. The van der Waals surface area contributed by atoms with Crippen molar-refractivity contribution in [1.82, 2.24) is 10.6 Å². The summed E-state index contributed by atoms with van der Waals surface area (Å²) in [4.78, 5) is 13.1. The Bertz CT molecular complexity index is 1440. The predicted molar refractivity (Wildman–Crippen MR) is 141 cm³/mol. The Morgan fingerprint density at radius 1 is 1.18 bits per heavy atom. The van der Waals surface area contributed by atoms with Gasteiger partial charge in [-0.15, -0.1) is 0 Å². The fourth-order valence-corrected chi connectivity index (χ4v) is 6.77. The third-order valence-corrected chi connectivity index (χ3v) is 8.78. The van der Waals surface area contributed by atoms with Crippen LogP contribution in [-0.2, 0) is 18.4 Å². The number of benzene rings is 3. The number of ether oxygens (including phenoxy) is 1. The summed E-state index contributed by atoms with van der Waals surface area (Å²) in [7, 11) is 1.45. The van der Waals surface area contributed by atoms with Gasteiger partial charge in [-0.3, -0.25) is 4.79 Å². The van der Waals surface area contributed by atoms with E-state index < -0.39 is 29.2 Å². The number of carbonyl (C=O) groups excluding carboxylic acids is 1. The first-order chi connectivity index (χ1) is 18.3. The average Bonchev–Trinajstić information content (AvgIpc) is 3.65. The lowest BCUT2D eigenvalue weighted by Gasteiger charge is -2.35. The molecule has 2 heterocycles. The molecule has 0 unspecified atom stereocenters. The van der Waals surface area contributed by atoms with Gasteiger partial charge in [-0.25, -0.2) is 8.78 Å². The first-order valence-corrected chi connectivity index (χ1v) is 13.4. The molecule has 3 aromatic carbocycles. The third-order valence-electron chi connectivity index (χ3n) is 8.41. The van der Waals surface area contributed by atoms with Crippen LogP contribution in [-0.4, -0.2) is 30.6 Å². The van der Waals surface area contributed by atoms with Gasteiger partial charge in [0, 0.05) is 36.2 Å². The van der Waals surface area contributed by atoms with Gasteiger partial charge >= 0.3 is 0 Å². The zero-order valence-corrected chi connectivity index (χ0v) is 22.0. The molecular weight excluding hydrogens is 510 g/mol. The van der Waals surface area contributed by atoms with E-state index in [0.29, 0.717) is 29.5 Å². The average molecular weight is 539 g/mol. The molecule has 3 aromatic rings. The second-order valence-corrected chi connectivity index (χ2v) is 11.0. The van der Waals surface area contributed by atoms with Crippen LogP contribution in [0, 0.1) is 17.6 Å². The lowest BCUT2D eigenvalue weighted by molar-refractivity contribution is 0.0539. The van der Waals surface area contributed by atoms with Gasteiger partial charge in [0.2, 0.25) is 0 Å². The van der Waals surface area contributed by atoms with Crippen LogP contribution in [0.15, 0.2) is 42.5 Å². The molecule has 1 aliphatic carbocycles. The lowest BCUT2D eigenvalue weighted by atomic mass is 9.80. The zero-order chi connectivity index (χ0) is 26.8. The van der Waals surface area contributed by atoms with Crippen molar-refractivity contribution in [2.24, 2.45) is 5.92 Å². The zero-order valence-electron chi connectivity index (χ0n) is 21.2. The summed E-state index contributed by atoms with van der Waals surface area (Å²) >= 11 is 6.62. The maximum Gasteiger partial charge on any atom is 0.251 e. The number of fused-ring (bicyclic) bond motifs is 2. The molecule has 8 heteroatoms. The van der Waals surface area contributed by atoms with E-state index in [9.17, 15) is 9.90 Å². The second-order valence-electron chi connectivity index (χ2n) is 10.6. The van der Waals surface area contributed by atoms with Crippen molar-refractivity contribution in [1.29, 1.82) is 0 Å². The molecule has 5 nitrogen and oxygen atoms in total. The Labute approximate surface area is 225 Å². The molecular formula is C30H29ClF2N2O3. The standard InChI is InChI=1S/C30H29ClF2N2O3/c1-15-11-17-18(28(15)36)12-19(29(37)34-2)25(27(17)33)24-20-14-30(23-9-6-10-35-23,16-7-4-3-5-8-16)38-22(20)13-21(32)26(24)31/h3-5,7-8,12-13,15,23,28,35-36H,6,9-11,14H2,1-2H3,(H,34,37)/t15-,23-,28-,30-/m0/s1. The Hall–Kier alpha value is -3.00. The topological polar surface area (TPSA) is 70.6 Å². The van der Waals surface area contributed by atoms with Crippen molar-refractivity contribution < 1.29 is 23.4 Å². The van der Waals surface area contributed by atoms with Crippen molar-refractivity contribution in [3.8, 4) is 16.9 Å². The number of aliphatic hydroxyl groups is 1. The van der Waals surface area contributed by atoms with E-state index in [1.165, 1.54) is 19.2 Å². The quantitative estimate of drug-likeness (QED) is 0.413. The SMILES string of the molecule is CNC(=O)c1cc2c(c(F)c1-c1c(Cl)c(F)cc3c1C[C@](c1ccccc1)([C@@H]1CCCN1)O3)C[C@H](C)[C@@H]2O. The number of hydrogen-bond donors (Lipinski definition) is 3. The minimum Gasteiger partial charge on any atom is -0.480 e. The number of nitrogens with one attached hydrogen (secondary N) is 2. The third kappa shape index (κ3) is 3.67. The van der Waals surface area contributed by atoms with Crippen LogP contribution < -0.4 is 15.4 Å². The van der Waals surface area contributed by atoms with Crippen LogP contribution >= 0.6 is 11.6 Å².